The maximum absolute atomic E-state index is 12.3. The lowest BCUT2D eigenvalue weighted by Gasteiger charge is -2.45. The van der Waals surface area contributed by atoms with E-state index in [9.17, 15) is 40.5 Å². The third kappa shape index (κ3) is 6.79. The van der Waals surface area contributed by atoms with E-state index in [0.29, 0.717) is 6.42 Å². The van der Waals surface area contributed by atoms with Crippen LogP contribution in [0.2, 0.25) is 0 Å². The van der Waals surface area contributed by atoms with Gasteiger partial charge in [0.15, 0.2) is 12.4 Å². The second kappa shape index (κ2) is 13.1. The van der Waals surface area contributed by atoms with Crippen LogP contribution in [0.25, 0.3) is 0 Å². The summed E-state index contributed by atoms with van der Waals surface area (Å²) in [5.74, 6) is -0.644. The molecule has 12 nitrogen and oxygen atoms in total. The van der Waals surface area contributed by atoms with Crippen LogP contribution in [-0.4, -0.2) is 116 Å². The zero-order valence-electron chi connectivity index (χ0n) is 18.1. The highest BCUT2D eigenvalue weighted by Crippen LogP contribution is 2.30. The van der Waals surface area contributed by atoms with Gasteiger partial charge in [0.2, 0.25) is 6.29 Å². The minimum atomic E-state index is -1.78. The molecule has 2 heterocycles. The summed E-state index contributed by atoms with van der Waals surface area (Å²) in [4.78, 5) is 12.3. The van der Waals surface area contributed by atoms with Gasteiger partial charge < -0.3 is 54.7 Å². The molecule has 188 valence electrons. The van der Waals surface area contributed by atoms with Crippen molar-refractivity contribution in [3.05, 3.63) is 0 Å². The van der Waals surface area contributed by atoms with Gasteiger partial charge in [-0.3, -0.25) is 4.79 Å². The van der Waals surface area contributed by atoms with E-state index in [-0.39, 0.29) is 6.42 Å². The van der Waals surface area contributed by atoms with Gasteiger partial charge in [-0.15, -0.1) is 0 Å². The average molecular weight is 468 g/mol. The summed E-state index contributed by atoms with van der Waals surface area (Å²) in [6, 6.07) is 0. The summed E-state index contributed by atoms with van der Waals surface area (Å²) < 4.78 is 21.4. The number of hydrogen-bond acceptors (Lipinski definition) is 12. The normalized spacial score (nSPS) is 40.2. The van der Waals surface area contributed by atoms with Gasteiger partial charge in [-0.05, 0) is 6.42 Å². The van der Waals surface area contributed by atoms with Crippen LogP contribution >= 0.6 is 0 Å². The highest BCUT2D eigenvalue weighted by atomic mass is 16.8. The van der Waals surface area contributed by atoms with Crippen molar-refractivity contribution < 1.29 is 59.5 Å². The molecule has 0 spiro atoms. The van der Waals surface area contributed by atoms with Crippen molar-refractivity contribution in [2.24, 2.45) is 0 Å². The van der Waals surface area contributed by atoms with Crippen LogP contribution in [0.4, 0.5) is 0 Å². The summed E-state index contributed by atoms with van der Waals surface area (Å²) in [7, 11) is 0. The average Bonchev–Trinajstić information content (AvgIpc) is 2.78. The smallest absolute Gasteiger partial charge is 0.308 e. The quantitative estimate of drug-likeness (QED) is 0.125. The molecule has 12 heteroatoms. The second-order valence-corrected chi connectivity index (χ2v) is 8.16. The van der Waals surface area contributed by atoms with E-state index >= 15 is 0 Å². The molecule has 0 aromatic heterocycles. The Kier molecular flexibility index (Phi) is 11.2. The molecule has 0 aliphatic carbocycles. The van der Waals surface area contributed by atoms with E-state index in [1.807, 2.05) is 0 Å². The summed E-state index contributed by atoms with van der Waals surface area (Å²) >= 11 is 0. The minimum absolute atomic E-state index is 0.0821. The van der Waals surface area contributed by atoms with Gasteiger partial charge in [0.25, 0.3) is 0 Å². The Balaban J connectivity index is 2.07. The molecule has 0 radical (unpaired) electrons. The fraction of sp³-hybridized carbons (Fsp3) is 0.950. The van der Waals surface area contributed by atoms with E-state index in [1.165, 1.54) is 0 Å². The van der Waals surface area contributed by atoms with Crippen molar-refractivity contribution in [2.45, 2.75) is 107 Å². The van der Waals surface area contributed by atoms with Crippen LogP contribution in [0.15, 0.2) is 0 Å². The minimum Gasteiger partial charge on any atom is -0.433 e. The zero-order valence-corrected chi connectivity index (χ0v) is 18.1. The maximum Gasteiger partial charge on any atom is 0.308 e. The molecule has 10 atom stereocenters. The number of aliphatic hydroxyl groups is 7. The predicted octanol–water partition coefficient (Wildman–Crippen LogP) is -2.49. The Morgan fingerprint density at radius 2 is 1.31 bits per heavy atom. The number of esters is 1. The number of rotatable bonds is 11. The van der Waals surface area contributed by atoms with Crippen LogP contribution in [0.1, 0.15) is 45.4 Å². The second-order valence-electron chi connectivity index (χ2n) is 8.16. The Morgan fingerprint density at radius 1 is 0.750 bits per heavy atom. The van der Waals surface area contributed by atoms with Crippen molar-refractivity contribution in [1.29, 1.82) is 0 Å². The first-order valence-electron chi connectivity index (χ1n) is 11.0. The first-order chi connectivity index (χ1) is 15.2. The fourth-order valence-corrected chi connectivity index (χ4v) is 3.69. The van der Waals surface area contributed by atoms with Crippen LogP contribution in [-0.2, 0) is 23.7 Å². The van der Waals surface area contributed by atoms with Gasteiger partial charge in [0.05, 0.1) is 13.2 Å². The lowest BCUT2D eigenvalue weighted by atomic mass is 9.97. The highest BCUT2D eigenvalue weighted by Gasteiger charge is 2.51. The van der Waals surface area contributed by atoms with Crippen molar-refractivity contribution in [2.75, 3.05) is 13.2 Å². The standard InChI is InChI=1S/C20H36O12/c1-2-3-4-5-6-7-12(23)31-20-18(16(27)14(25)11(9-22)30-20)32-19-17(28)15(26)13(24)10(8-21)29-19/h10-11,13-22,24-28H,2-9H2,1H3/t10-,11-,13-,14-,15+,16+,17-,18-,19+,20+/m1/s1. The SMILES string of the molecule is CCCCCCCC(=O)O[C@@H]1O[C@H](CO)[C@@H](O)[C@H](O)[C@H]1O[C@@H]1O[C@H](CO)[C@@H](O)[C@H](O)[C@H]1O. The Hall–Kier alpha value is -0.930. The molecule has 0 amide bonds. The molecule has 7 N–H and O–H groups in total. The fourth-order valence-electron chi connectivity index (χ4n) is 3.69. The lowest BCUT2D eigenvalue weighted by molar-refractivity contribution is -0.362. The van der Waals surface area contributed by atoms with E-state index in [4.69, 9.17) is 18.9 Å². The van der Waals surface area contributed by atoms with Crippen molar-refractivity contribution >= 4 is 5.97 Å². The topological polar surface area (TPSA) is 196 Å². The summed E-state index contributed by atoms with van der Waals surface area (Å²) in [6.45, 7) is 0.706. The molecular formula is C20H36O12. The molecule has 0 aromatic carbocycles. The van der Waals surface area contributed by atoms with E-state index in [2.05, 4.69) is 6.92 Å². The van der Waals surface area contributed by atoms with Crippen molar-refractivity contribution in [1.82, 2.24) is 0 Å². The zero-order chi connectivity index (χ0) is 23.8. The van der Waals surface area contributed by atoms with Crippen LogP contribution in [0, 0.1) is 0 Å². The molecule has 2 aliphatic rings. The molecule has 2 rings (SSSR count). The van der Waals surface area contributed by atoms with Crippen LogP contribution in [0.3, 0.4) is 0 Å². The van der Waals surface area contributed by atoms with Gasteiger partial charge in [-0.1, -0.05) is 32.6 Å². The molecular weight excluding hydrogens is 432 g/mol. The number of aliphatic hydroxyl groups excluding tert-OH is 7. The first-order valence-corrected chi connectivity index (χ1v) is 11.0. The van der Waals surface area contributed by atoms with Crippen LogP contribution in [0.5, 0.6) is 0 Å². The molecule has 0 unspecified atom stereocenters. The van der Waals surface area contributed by atoms with E-state index < -0.39 is 80.6 Å². The molecule has 0 aromatic rings. The largest absolute Gasteiger partial charge is 0.433 e. The molecule has 2 aliphatic heterocycles. The van der Waals surface area contributed by atoms with Gasteiger partial charge in [-0.2, -0.15) is 0 Å². The van der Waals surface area contributed by atoms with E-state index in [0.717, 1.165) is 25.7 Å². The van der Waals surface area contributed by atoms with Crippen LogP contribution < -0.4 is 0 Å². The molecule has 0 bridgehead atoms. The Morgan fingerprint density at radius 3 is 1.91 bits per heavy atom. The number of hydrogen-bond donors (Lipinski definition) is 7. The number of carbonyl (C=O) groups is 1. The highest BCUT2D eigenvalue weighted by molar-refractivity contribution is 5.69. The summed E-state index contributed by atoms with van der Waals surface area (Å²) in [6.07, 6.45) is -11.2. The monoisotopic (exact) mass is 468 g/mol. The first kappa shape index (κ1) is 27.3. The summed E-state index contributed by atoms with van der Waals surface area (Å²) in [5, 5.41) is 69.4. The summed E-state index contributed by atoms with van der Waals surface area (Å²) in [5.41, 5.74) is 0. The molecule has 2 saturated heterocycles. The van der Waals surface area contributed by atoms with Gasteiger partial charge in [0, 0.05) is 6.42 Å². The Labute approximate surface area is 186 Å². The Bertz CT molecular complexity index is 561. The molecule has 32 heavy (non-hydrogen) atoms. The maximum atomic E-state index is 12.3. The van der Waals surface area contributed by atoms with Gasteiger partial charge >= 0.3 is 5.97 Å². The van der Waals surface area contributed by atoms with Gasteiger partial charge in [-0.25, -0.2) is 0 Å². The third-order valence-corrected chi connectivity index (χ3v) is 5.70. The van der Waals surface area contributed by atoms with E-state index in [1.54, 1.807) is 0 Å². The van der Waals surface area contributed by atoms with Crippen molar-refractivity contribution in [3.8, 4) is 0 Å². The number of ether oxygens (including phenoxy) is 4. The number of carbonyl (C=O) groups excluding carboxylic acids is 1. The van der Waals surface area contributed by atoms with Gasteiger partial charge in [0.1, 0.15) is 42.7 Å². The molecule has 0 saturated carbocycles. The lowest BCUT2D eigenvalue weighted by Crippen LogP contribution is -2.64. The molecule has 2 fully saturated rings. The number of unbranched alkanes of at least 4 members (excludes halogenated alkanes) is 4. The van der Waals surface area contributed by atoms with Crippen molar-refractivity contribution in [3.63, 3.8) is 0 Å². The predicted molar refractivity (Wildman–Crippen MR) is 106 cm³/mol. The third-order valence-electron chi connectivity index (χ3n) is 5.70.